The van der Waals surface area contributed by atoms with Crippen LogP contribution in [0.3, 0.4) is 0 Å². The third-order valence-corrected chi connectivity index (χ3v) is 3.89. The van der Waals surface area contributed by atoms with Crippen LogP contribution in [0.25, 0.3) is 0 Å². The first-order valence-electron chi connectivity index (χ1n) is 7.51. The Balaban J connectivity index is 1.95. The van der Waals surface area contributed by atoms with Crippen molar-refractivity contribution in [2.75, 3.05) is 18.4 Å². The van der Waals surface area contributed by atoms with E-state index in [1.165, 1.54) is 11.1 Å². The molecule has 2 rings (SSSR count). The van der Waals surface area contributed by atoms with Crippen molar-refractivity contribution in [1.29, 1.82) is 0 Å². The average molecular weight is 303 g/mol. The molecule has 0 bridgehead atoms. The van der Waals surface area contributed by atoms with Crippen molar-refractivity contribution in [3.8, 4) is 0 Å². The van der Waals surface area contributed by atoms with Gasteiger partial charge in [0, 0.05) is 23.8 Å². The number of rotatable bonds is 7. The van der Waals surface area contributed by atoms with Gasteiger partial charge in [-0.3, -0.25) is 4.90 Å². The van der Waals surface area contributed by atoms with Crippen molar-refractivity contribution in [1.82, 2.24) is 4.90 Å². The molecule has 2 aromatic rings. The minimum Gasteiger partial charge on any atom is -0.381 e. The first-order chi connectivity index (χ1) is 10.2. The number of nitrogens with one attached hydrogen (secondary N) is 1. The number of benzene rings is 2. The molecule has 2 aromatic carbocycles. The lowest BCUT2D eigenvalue weighted by atomic mass is 10.1. The Morgan fingerprint density at radius 1 is 0.952 bits per heavy atom. The summed E-state index contributed by atoms with van der Waals surface area (Å²) in [6.07, 6.45) is 0. The van der Waals surface area contributed by atoms with E-state index in [0.29, 0.717) is 0 Å². The molecular formula is C18H23ClN2. The second-order valence-corrected chi connectivity index (χ2v) is 5.58. The lowest BCUT2D eigenvalue weighted by molar-refractivity contribution is 0.296. The standard InChI is InChI=1S/C18H23ClN2/c1-3-21(4-2)14-16-6-5-7-18(12-16)20-13-15-8-10-17(19)11-9-15/h5-12,20H,3-4,13-14H2,1-2H3. The van der Waals surface area contributed by atoms with E-state index in [2.05, 4.69) is 60.5 Å². The summed E-state index contributed by atoms with van der Waals surface area (Å²) in [5.74, 6) is 0. The van der Waals surface area contributed by atoms with Crippen LogP contribution in [-0.4, -0.2) is 18.0 Å². The van der Waals surface area contributed by atoms with Crippen LogP contribution < -0.4 is 5.32 Å². The lowest BCUT2D eigenvalue weighted by Gasteiger charge is -2.18. The predicted molar refractivity (Wildman–Crippen MR) is 91.8 cm³/mol. The molecule has 0 aliphatic heterocycles. The summed E-state index contributed by atoms with van der Waals surface area (Å²) >= 11 is 5.90. The molecule has 0 heterocycles. The Hall–Kier alpha value is -1.51. The molecule has 2 nitrogen and oxygen atoms in total. The van der Waals surface area contributed by atoms with E-state index >= 15 is 0 Å². The Morgan fingerprint density at radius 2 is 1.67 bits per heavy atom. The highest BCUT2D eigenvalue weighted by Gasteiger charge is 2.02. The smallest absolute Gasteiger partial charge is 0.0406 e. The number of anilines is 1. The van der Waals surface area contributed by atoms with Gasteiger partial charge in [0.05, 0.1) is 0 Å². The van der Waals surface area contributed by atoms with Gasteiger partial charge in [0.15, 0.2) is 0 Å². The van der Waals surface area contributed by atoms with Gasteiger partial charge < -0.3 is 5.32 Å². The van der Waals surface area contributed by atoms with Gasteiger partial charge in [-0.25, -0.2) is 0 Å². The van der Waals surface area contributed by atoms with Gasteiger partial charge in [0.25, 0.3) is 0 Å². The summed E-state index contributed by atoms with van der Waals surface area (Å²) < 4.78 is 0. The molecule has 1 N–H and O–H groups in total. The Kier molecular flexibility index (Phi) is 6.09. The Bertz CT molecular complexity index is 547. The highest BCUT2D eigenvalue weighted by Crippen LogP contribution is 2.15. The zero-order valence-electron chi connectivity index (χ0n) is 12.8. The quantitative estimate of drug-likeness (QED) is 0.791. The molecule has 0 spiro atoms. The molecule has 0 radical (unpaired) electrons. The predicted octanol–water partition coefficient (Wildman–Crippen LogP) is 4.79. The molecule has 0 aliphatic rings. The van der Waals surface area contributed by atoms with Gasteiger partial charge in [-0.1, -0.05) is 49.7 Å². The second-order valence-electron chi connectivity index (χ2n) is 5.14. The minimum absolute atomic E-state index is 0.778. The number of nitrogens with zero attached hydrogens (tertiary/aromatic N) is 1. The summed E-state index contributed by atoms with van der Waals surface area (Å²) in [4.78, 5) is 2.41. The maximum Gasteiger partial charge on any atom is 0.0406 e. The summed E-state index contributed by atoms with van der Waals surface area (Å²) in [5.41, 5.74) is 3.74. The molecule has 0 aliphatic carbocycles. The van der Waals surface area contributed by atoms with Crippen molar-refractivity contribution < 1.29 is 0 Å². The Labute approximate surface area is 132 Å². The van der Waals surface area contributed by atoms with E-state index in [0.717, 1.165) is 36.9 Å². The first-order valence-corrected chi connectivity index (χ1v) is 7.88. The van der Waals surface area contributed by atoms with Crippen molar-refractivity contribution in [3.63, 3.8) is 0 Å². The maximum atomic E-state index is 5.90. The molecule has 112 valence electrons. The monoisotopic (exact) mass is 302 g/mol. The van der Waals surface area contributed by atoms with Crippen LogP contribution in [0, 0.1) is 0 Å². The molecule has 0 unspecified atom stereocenters. The summed E-state index contributed by atoms with van der Waals surface area (Å²) in [6.45, 7) is 8.38. The zero-order chi connectivity index (χ0) is 15.1. The van der Waals surface area contributed by atoms with Crippen LogP contribution in [0.2, 0.25) is 5.02 Å². The van der Waals surface area contributed by atoms with Crippen LogP contribution in [0.4, 0.5) is 5.69 Å². The molecule has 3 heteroatoms. The largest absolute Gasteiger partial charge is 0.381 e. The summed E-state index contributed by atoms with van der Waals surface area (Å²) in [7, 11) is 0. The summed E-state index contributed by atoms with van der Waals surface area (Å²) in [6, 6.07) is 16.6. The molecule has 0 aromatic heterocycles. The van der Waals surface area contributed by atoms with Crippen LogP contribution >= 0.6 is 11.6 Å². The fourth-order valence-electron chi connectivity index (χ4n) is 2.29. The van der Waals surface area contributed by atoms with Gasteiger partial charge in [-0.15, -0.1) is 0 Å². The highest BCUT2D eigenvalue weighted by molar-refractivity contribution is 6.30. The van der Waals surface area contributed by atoms with Crippen LogP contribution in [0.1, 0.15) is 25.0 Å². The van der Waals surface area contributed by atoms with E-state index < -0.39 is 0 Å². The molecule has 0 fully saturated rings. The van der Waals surface area contributed by atoms with Crippen LogP contribution in [0.5, 0.6) is 0 Å². The Morgan fingerprint density at radius 3 is 2.33 bits per heavy atom. The zero-order valence-corrected chi connectivity index (χ0v) is 13.5. The van der Waals surface area contributed by atoms with E-state index in [-0.39, 0.29) is 0 Å². The number of hydrogen-bond acceptors (Lipinski definition) is 2. The molecule has 21 heavy (non-hydrogen) atoms. The van der Waals surface area contributed by atoms with Gasteiger partial charge in [-0.05, 0) is 48.5 Å². The SMILES string of the molecule is CCN(CC)Cc1cccc(NCc2ccc(Cl)cc2)c1. The van der Waals surface area contributed by atoms with Gasteiger partial charge in [-0.2, -0.15) is 0 Å². The molecular weight excluding hydrogens is 280 g/mol. The van der Waals surface area contributed by atoms with Crippen molar-refractivity contribution in [2.45, 2.75) is 26.9 Å². The van der Waals surface area contributed by atoms with Gasteiger partial charge in [0.1, 0.15) is 0 Å². The van der Waals surface area contributed by atoms with Crippen molar-refractivity contribution in [2.24, 2.45) is 0 Å². The lowest BCUT2D eigenvalue weighted by Crippen LogP contribution is -2.22. The average Bonchev–Trinajstić information content (AvgIpc) is 2.52. The van der Waals surface area contributed by atoms with E-state index in [1.54, 1.807) is 0 Å². The van der Waals surface area contributed by atoms with E-state index in [9.17, 15) is 0 Å². The van der Waals surface area contributed by atoms with Gasteiger partial charge >= 0.3 is 0 Å². The summed E-state index contributed by atoms with van der Waals surface area (Å²) in [5, 5.41) is 4.25. The molecule has 0 saturated heterocycles. The first kappa shape index (κ1) is 15.9. The van der Waals surface area contributed by atoms with E-state index in [1.807, 2.05) is 12.1 Å². The highest BCUT2D eigenvalue weighted by atomic mass is 35.5. The van der Waals surface area contributed by atoms with E-state index in [4.69, 9.17) is 11.6 Å². The van der Waals surface area contributed by atoms with Gasteiger partial charge in [0.2, 0.25) is 0 Å². The van der Waals surface area contributed by atoms with Crippen LogP contribution in [-0.2, 0) is 13.1 Å². The van der Waals surface area contributed by atoms with Crippen molar-refractivity contribution >= 4 is 17.3 Å². The minimum atomic E-state index is 0.778. The third-order valence-electron chi connectivity index (χ3n) is 3.64. The maximum absolute atomic E-state index is 5.90. The fraction of sp³-hybridized carbons (Fsp3) is 0.333. The molecule has 0 saturated carbocycles. The topological polar surface area (TPSA) is 15.3 Å². The van der Waals surface area contributed by atoms with Crippen molar-refractivity contribution in [3.05, 3.63) is 64.7 Å². The van der Waals surface area contributed by atoms with Crippen LogP contribution in [0.15, 0.2) is 48.5 Å². The fourth-order valence-corrected chi connectivity index (χ4v) is 2.42. The normalized spacial score (nSPS) is 10.9. The second kappa shape index (κ2) is 8.06. The molecule has 0 atom stereocenters. The molecule has 0 amide bonds. The number of hydrogen-bond donors (Lipinski definition) is 1. The third kappa shape index (κ3) is 5.07. The number of halogens is 1.